The van der Waals surface area contributed by atoms with E-state index in [4.69, 9.17) is 4.74 Å². The number of nitrogens with zero attached hydrogens (tertiary/aromatic N) is 1. The Morgan fingerprint density at radius 3 is 2.55 bits per heavy atom. The summed E-state index contributed by atoms with van der Waals surface area (Å²) in [6, 6.07) is 8.12. The Hall–Kier alpha value is -1.39. The lowest BCUT2D eigenvalue weighted by Gasteiger charge is -2.18. The van der Waals surface area contributed by atoms with Crippen molar-refractivity contribution >= 4 is 11.6 Å². The van der Waals surface area contributed by atoms with Gasteiger partial charge in [0.25, 0.3) is 0 Å². The molecule has 20 heavy (non-hydrogen) atoms. The minimum absolute atomic E-state index is 0.00495. The van der Waals surface area contributed by atoms with Gasteiger partial charge in [0.05, 0.1) is 12.5 Å². The highest BCUT2D eigenvalue weighted by Gasteiger charge is 2.23. The van der Waals surface area contributed by atoms with Gasteiger partial charge in [-0.05, 0) is 37.2 Å². The van der Waals surface area contributed by atoms with Crippen molar-refractivity contribution in [2.24, 2.45) is 5.92 Å². The second kappa shape index (κ2) is 7.41. The standard InChI is InChI=1S/C16H24N2O2/c1-3-18(4-2)11-13-5-7-15(8-6-13)17-16(19)14-9-10-20-12-14/h5-8,14H,3-4,9-12H2,1-2H3,(H,17,19)/t14-/m1/s1. The van der Waals surface area contributed by atoms with Crippen molar-refractivity contribution < 1.29 is 9.53 Å². The van der Waals surface area contributed by atoms with E-state index in [1.54, 1.807) is 0 Å². The Kier molecular flexibility index (Phi) is 5.56. The largest absolute Gasteiger partial charge is 0.381 e. The van der Waals surface area contributed by atoms with Crippen molar-refractivity contribution in [2.75, 3.05) is 31.6 Å². The summed E-state index contributed by atoms with van der Waals surface area (Å²) in [5, 5.41) is 2.96. The molecule has 1 aliphatic rings. The van der Waals surface area contributed by atoms with Gasteiger partial charge in [0, 0.05) is 18.8 Å². The summed E-state index contributed by atoms with van der Waals surface area (Å²) in [5.41, 5.74) is 2.14. The molecule has 4 nitrogen and oxygen atoms in total. The molecule has 4 heteroatoms. The zero-order chi connectivity index (χ0) is 14.4. The maximum absolute atomic E-state index is 12.0. The normalized spacial score (nSPS) is 18.4. The first-order valence-electron chi connectivity index (χ1n) is 7.42. The average Bonchev–Trinajstić information content (AvgIpc) is 3.01. The lowest BCUT2D eigenvalue weighted by molar-refractivity contribution is -0.119. The molecule has 0 spiro atoms. The monoisotopic (exact) mass is 276 g/mol. The van der Waals surface area contributed by atoms with Crippen molar-refractivity contribution in [3.8, 4) is 0 Å². The van der Waals surface area contributed by atoms with Crippen molar-refractivity contribution in [3.63, 3.8) is 0 Å². The summed E-state index contributed by atoms with van der Waals surface area (Å²) >= 11 is 0. The number of amides is 1. The first-order chi connectivity index (χ1) is 9.72. The van der Waals surface area contributed by atoms with Gasteiger partial charge in [0.15, 0.2) is 0 Å². The second-order valence-corrected chi connectivity index (χ2v) is 5.21. The number of hydrogen-bond donors (Lipinski definition) is 1. The molecule has 0 unspecified atom stereocenters. The molecule has 1 amide bonds. The van der Waals surface area contributed by atoms with Crippen LogP contribution in [0.1, 0.15) is 25.8 Å². The molecule has 0 radical (unpaired) electrons. The summed E-state index contributed by atoms with van der Waals surface area (Å²) in [4.78, 5) is 14.3. The van der Waals surface area contributed by atoms with Crippen molar-refractivity contribution in [3.05, 3.63) is 29.8 Å². The molecule has 1 N–H and O–H groups in total. The summed E-state index contributed by atoms with van der Waals surface area (Å²) in [7, 11) is 0. The van der Waals surface area contributed by atoms with Crippen LogP contribution in [0.3, 0.4) is 0 Å². The molecule has 1 aromatic carbocycles. The molecule has 2 rings (SSSR count). The molecule has 1 aliphatic heterocycles. The van der Waals surface area contributed by atoms with E-state index in [1.165, 1.54) is 5.56 Å². The van der Waals surface area contributed by atoms with Gasteiger partial charge in [-0.2, -0.15) is 0 Å². The summed E-state index contributed by atoms with van der Waals surface area (Å²) in [5.74, 6) is 0.0735. The fourth-order valence-corrected chi connectivity index (χ4v) is 2.38. The van der Waals surface area contributed by atoms with Gasteiger partial charge in [-0.1, -0.05) is 26.0 Å². The Labute approximate surface area is 121 Å². The predicted octanol–water partition coefficient (Wildman–Crippen LogP) is 2.50. The van der Waals surface area contributed by atoms with Crippen LogP contribution in [0, 0.1) is 5.92 Å². The molecular formula is C16H24N2O2. The summed E-state index contributed by atoms with van der Waals surface area (Å²) in [6.07, 6.45) is 0.825. The van der Waals surface area contributed by atoms with Crippen LogP contribution in [0.2, 0.25) is 0 Å². The molecule has 1 atom stereocenters. The molecule has 1 fully saturated rings. The number of hydrogen-bond acceptors (Lipinski definition) is 3. The van der Waals surface area contributed by atoms with Crippen molar-refractivity contribution in [1.29, 1.82) is 0 Å². The van der Waals surface area contributed by atoms with E-state index in [0.717, 1.165) is 31.7 Å². The smallest absolute Gasteiger partial charge is 0.229 e. The Morgan fingerprint density at radius 1 is 1.30 bits per heavy atom. The molecule has 1 saturated heterocycles. The van der Waals surface area contributed by atoms with Gasteiger partial charge in [0.1, 0.15) is 0 Å². The van der Waals surface area contributed by atoms with E-state index >= 15 is 0 Å². The van der Waals surface area contributed by atoms with Crippen LogP contribution in [0.25, 0.3) is 0 Å². The number of rotatable bonds is 6. The number of ether oxygens (including phenoxy) is 1. The first kappa shape index (κ1) is 15.0. The molecule has 0 saturated carbocycles. The maximum atomic E-state index is 12.0. The maximum Gasteiger partial charge on any atom is 0.229 e. The van der Waals surface area contributed by atoms with Crippen LogP contribution in [-0.2, 0) is 16.1 Å². The minimum atomic E-state index is 0.00495. The highest BCUT2D eigenvalue weighted by Crippen LogP contribution is 2.17. The molecular weight excluding hydrogens is 252 g/mol. The fraction of sp³-hybridized carbons (Fsp3) is 0.562. The van der Waals surface area contributed by atoms with Gasteiger partial charge in [-0.25, -0.2) is 0 Å². The van der Waals surface area contributed by atoms with Gasteiger partial charge in [-0.3, -0.25) is 9.69 Å². The Balaban J connectivity index is 1.89. The fourth-order valence-electron chi connectivity index (χ4n) is 2.38. The van der Waals surface area contributed by atoms with Crippen LogP contribution in [-0.4, -0.2) is 37.1 Å². The SMILES string of the molecule is CCN(CC)Cc1ccc(NC(=O)[C@@H]2CCOC2)cc1. The molecule has 110 valence electrons. The molecule has 0 bridgehead atoms. The second-order valence-electron chi connectivity index (χ2n) is 5.21. The van der Waals surface area contributed by atoms with Gasteiger partial charge < -0.3 is 10.1 Å². The van der Waals surface area contributed by atoms with E-state index < -0.39 is 0 Å². The number of carbonyl (C=O) groups excluding carboxylic acids is 1. The highest BCUT2D eigenvalue weighted by atomic mass is 16.5. The predicted molar refractivity (Wildman–Crippen MR) is 80.6 cm³/mol. The highest BCUT2D eigenvalue weighted by molar-refractivity contribution is 5.92. The Morgan fingerprint density at radius 2 is 2.00 bits per heavy atom. The Bertz CT molecular complexity index is 421. The zero-order valence-corrected chi connectivity index (χ0v) is 12.4. The van der Waals surface area contributed by atoms with Crippen molar-refractivity contribution in [2.45, 2.75) is 26.8 Å². The summed E-state index contributed by atoms with van der Waals surface area (Å²) < 4.78 is 5.24. The third kappa shape index (κ3) is 4.05. The third-order valence-corrected chi connectivity index (χ3v) is 3.82. The molecule has 1 aromatic rings. The van der Waals surface area contributed by atoms with Crippen LogP contribution < -0.4 is 5.32 Å². The third-order valence-electron chi connectivity index (χ3n) is 3.82. The van der Waals surface area contributed by atoms with Crippen LogP contribution in [0.15, 0.2) is 24.3 Å². The van der Waals surface area contributed by atoms with Crippen LogP contribution in [0.4, 0.5) is 5.69 Å². The number of nitrogens with one attached hydrogen (secondary N) is 1. The van der Waals surface area contributed by atoms with E-state index in [0.29, 0.717) is 13.2 Å². The minimum Gasteiger partial charge on any atom is -0.381 e. The number of carbonyl (C=O) groups is 1. The van der Waals surface area contributed by atoms with E-state index in [2.05, 4.69) is 36.2 Å². The first-order valence-corrected chi connectivity index (χ1v) is 7.42. The van der Waals surface area contributed by atoms with Gasteiger partial charge in [0.2, 0.25) is 5.91 Å². The summed E-state index contributed by atoms with van der Waals surface area (Å²) in [6.45, 7) is 8.64. The van der Waals surface area contributed by atoms with Crippen LogP contribution >= 0.6 is 0 Å². The lowest BCUT2D eigenvalue weighted by Crippen LogP contribution is -2.23. The molecule has 0 aromatic heterocycles. The van der Waals surface area contributed by atoms with E-state index in [9.17, 15) is 4.79 Å². The van der Waals surface area contributed by atoms with Gasteiger partial charge >= 0.3 is 0 Å². The molecule has 1 heterocycles. The molecule has 0 aliphatic carbocycles. The number of benzene rings is 1. The lowest BCUT2D eigenvalue weighted by atomic mass is 10.1. The number of anilines is 1. The quantitative estimate of drug-likeness (QED) is 0.868. The van der Waals surface area contributed by atoms with Crippen LogP contribution in [0.5, 0.6) is 0 Å². The van der Waals surface area contributed by atoms with E-state index in [1.807, 2.05) is 12.1 Å². The van der Waals surface area contributed by atoms with Gasteiger partial charge in [-0.15, -0.1) is 0 Å². The van der Waals surface area contributed by atoms with Crippen molar-refractivity contribution in [1.82, 2.24) is 4.90 Å². The van der Waals surface area contributed by atoms with E-state index in [-0.39, 0.29) is 11.8 Å². The average molecular weight is 276 g/mol. The topological polar surface area (TPSA) is 41.6 Å². The zero-order valence-electron chi connectivity index (χ0n) is 12.4.